The van der Waals surface area contributed by atoms with E-state index in [1.807, 2.05) is 12.1 Å². The molecule has 4 heteroatoms. The highest BCUT2D eigenvalue weighted by molar-refractivity contribution is 5.92. The fraction of sp³-hybridized carbons (Fsp3) is 0.571. The van der Waals surface area contributed by atoms with Gasteiger partial charge in [0.05, 0.1) is 0 Å². The Labute approximate surface area is 108 Å². The Balaban J connectivity index is 2.07. The predicted molar refractivity (Wildman–Crippen MR) is 71.6 cm³/mol. The molecule has 1 aliphatic rings. The van der Waals surface area contributed by atoms with E-state index < -0.39 is 0 Å². The van der Waals surface area contributed by atoms with Crippen molar-refractivity contribution in [3.05, 3.63) is 29.6 Å². The van der Waals surface area contributed by atoms with Crippen LogP contribution in [0.3, 0.4) is 0 Å². The third kappa shape index (κ3) is 2.70. The van der Waals surface area contributed by atoms with Gasteiger partial charge in [-0.1, -0.05) is 6.92 Å². The van der Waals surface area contributed by atoms with E-state index in [0.717, 1.165) is 24.9 Å². The van der Waals surface area contributed by atoms with Crippen LogP contribution in [0.4, 0.5) is 0 Å². The van der Waals surface area contributed by atoms with Gasteiger partial charge < -0.3 is 10.6 Å². The second kappa shape index (κ2) is 5.06. The molecule has 1 atom stereocenters. The summed E-state index contributed by atoms with van der Waals surface area (Å²) < 4.78 is 0. The van der Waals surface area contributed by atoms with Crippen LogP contribution in [0.15, 0.2) is 18.3 Å². The number of amides is 1. The van der Waals surface area contributed by atoms with Gasteiger partial charge in [-0.15, -0.1) is 0 Å². The molecule has 4 nitrogen and oxygen atoms in total. The van der Waals surface area contributed by atoms with Crippen LogP contribution in [0.2, 0.25) is 0 Å². The maximum Gasteiger partial charge on any atom is 0.270 e. The quantitative estimate of drug-likeness (QED) is 0.851. The van der Waals surface area contributed by atoms with E-state index in [0.29, 0.717) is 5.69 Å². The van der Waals surface area contributed by atoms with E-state index in [4.69, 9.17) is 0 Å². The van der Waals surface area contributed by atoms with E-state index in [1.54, 1.807) is 6.20 Å². The summed E-state index contributed by atoms with van der Waals surface area (Å²) in [4.78, 5) is 16.3. The molecule has 2 N–H and O–H groups in total. The third-order valence-corrected chi connectivity index (χ3v) is 3.66. The Morgan fingerprint density at radius 1 is 1.61 bits per heavy atom. The van der Waals surface area contributed by atoms with Crippen molar-refractivity contribution in [2.45, 2.75) is 45.2 Å². The highest BCUT2D eigenvalue weighted by Crippen LogP contribution is 2.18. The lowest BCUT2D eigenvalue weighted by Gasteiger charge is -2.27. The van der Waals surface area contributed by atoms with Crippen molar-refractivity contribution >= 4 is 5.91 Å². The first-order valence-corrected chi connectivity index (χ1v) is 6.54. The van der Waals surface area contributed by atoms with Crippen LogP contribution in [-0.2, 0) is 6.42 Å². The Kier molecular flexibility index (Phi) is 3.66. The molecule has 1 amide bonds. The van der Waals surface area contributed by atoms with Crippen LogP contribution in [0, 0.1) is 0 Å². The number of nitrogens with one attached hydrogen (secondary N) is 2. The lowest BCUT2D eigenvalue weighted by molar-refractivity contribution is 0.0918. The van der Waals surface area contributed by atoms with Gasteiger partial charge >= 0.3 is 0 Å². The molecule has 2 rings (SSSR count). The number of hydrogen-bond acceptors (Lipinski definition) is 3. The van der Waals surface area contributed by atoms with Gasteiger partial charge in [-0.2, -0.15) is 0 Å². The molecular formula is C14H21N3O. The molecule has 0 bridgehead atoms. The first kappa shape index (κ1) is 13.0. The largest absolute Gasteiger partial charge is 0.346 e. The molecule has 1 unspecified atom stereocenters. The van der Waals surface area contributed by atoms with E-state index in [1.165, 1.54) is 0 Å². The van der Waals surface area contributed by atoms with Crippen molar-refractivity contribution < 1.29 is 4.79 Å². The van der Waals surface area contributed by atoms with Crippen molar-refractivity contribution in [1.29, 1.82) is 0 Å². The number of hydrogen-bond donors (Lipinski definition) is 2. The van der Waals surface area contributed by atoms with Gasteiger partial charge in [0.25, 0.3) is 5.91 Å². The lowest BCUT2D eigenvalue weighted by Crippen LogP contribution is -2.50. The Bertz CT molecular complexity index is 442. The minimum absolute atomic E-state index is 0.0436. The summed E-state index contributed by atoms with van der Waals surface area (Å²) in [5.41, 5.74) is 1.61. The first-order valence-electron chi connectivity index (χ1n) is 6.54. The molecular weight excluding hydrogens is 226 g/mol. The SMILES string of the molecule is CCc1ccnc(C(=O)NC2CCNC2(C)C)c1. The summed E-state index contributed by atoms with van der Waals surface area (Å²) in [7, 11) is 0. The van der Waals surface area contributed by atoms with Gasteiger partial charge in [0, 0.05) is 17.8 Å². The summed E-state index contributed by atoms with van der Waals surface area (Å²) in [6, 6.07) is 3.97. The van der Waals surface area contributed by atoms with Gasteiger partial charge in [-0.3, -0.25) is 9.78 Å². The Morgan fingerprint density at radius 3 is 3.00 bits per heavy atom. The molecule has 1 saturated heterocycles. The zero-order valence-electron chi connectivity index (χ0n) is 11.3. The Morgan fingerprint density at radius 2 is 2.39 bits per heavy atom. The van der Waals surface area contributed by atoms with E-state index in [-0.39, 0.29) is 17.5 Å². The summed E-state index contributed by atoms with van der Waals surface area (Å²) in [6.07, 6.45) is 3.58. The van der Waals surface area contributed by atoms with Crippen molar-refractivity contribution in [1.82, 2.24) is 15.6 Å². The first-order chi connectivity index (χ1) is 8.53. The van der Waals surface area contributed by atoms with Crippen LogP contribution < -0.4 is 10.6 Å². The molecule has 98 valence electrons. The topological polar surface area (TPSA) is 54.0 Å². The molecule has 0 aliphatic carbocycles. The molecule has 0 spiro atoms. The van der Waals surface area contributed by atoms with Gasteiger partial charge in [0.1, 0.15) is 5.69 Å². The zero-order chi connectivity index (χ0) is 13.2. The zero-order valence-corrected chi connectivity index (χ0v) is 11.3. The lowest BCUT2D eigenvalue weighted by atomic mass is 9.97. The fourth-order valence-electron chi connectivity index (χ4n) is 2.33. The smallest absolute Gasteiger partial charge is 0.270 e. The van der Waals surface area contributed by atoms with E-state index in [9.17, 15) is 4.79 Å². The average Bonchev–Trinajstić information content (AvgIpc) is 2.69. The average molecular weight is 247 g/mol. The number of pyridine rings is 1. The van der Waals surface area contributed by atoms with Crippen LogP contribution in [0.1, 0.15) is 43.2 Å². The molecule has 1 aromatic heterocycles. The van der Waals surface area contributed by atoms with Gasteiger partial charge in [-0.25, -0.2) is 0 Å². The minimum Gasteiger partial charge on any atom is -0.346 e. The number of carbonyl (C=O) groups is 1. The number of rotatable bonds is 3. The second-order valence-corrected chi connectivity index (χ2v) is 5.37. The Hall–Kier alpha value is -1.42. The molecule has 1 aliphatic heterocycles. The minimum atomic E-state index is -0.0768. The van der Waals surface area contributed by atoms with Crippen LogP contribution in [0.25, 0.3) is 0 Å². The molecule has 18 heavy (non-hydrogen) atoms. The highest BCUT2D eigenvalue weighted by Gasteiger charge is 2.35. The summed E-state index contributed by atoms with van der Waals surface area (Å²) in [5.74, 6) is -0.0768. The van der Waals surface area contributed by atoms with Crippen molar-refractivity contribution in [2.75, 3.05) is 6.54 Å². The van der Waals surface area contributed by atoms with Crippen molar-refractivity contribution in [3.63, 3.8) is 0 Å². The normalized spacial score (nSPS) is 21.8. The number of carbonyl (C=O) groups excluding carboxylic acids is 1. The molecule has 1 fully saturated rings. The summed E-state index contributed by atoms with van der Waals surface area (Å²) in [6.45, 7) is 7.24. The maximum absolute atomic E-state index is 12.2. The van der Waals surface area contributed by atoms with Gasteiger partial charge in [0.2, 0.25) is 0 Å². The van der Waals surface area contributed by atoms with Crippen molar-refractivity contribution in [3.8, 4) is 0 Å². The maximum atomic E-state index is 12.2. The fourth-order valence-corrected chi connectivity index (χ4v) is 2.33. The molecule has 0 aromatic carbocycles. The molecule has 2 heterocycles. The highest BCUT2D eigenvalue weighted by atomic mass is 16.2. The monoisotopic (exact) mass is 247 g/mol. The van der Waals surface area contributed by atoms with Gasteiger partial charge in [0.15, 0.2) is 0 Å². The number of nitrogens with zero attached hydrogens (tertiary/aromatic N) is 1. The molecule has 1 aromatic rings. The second-order valence-electron chi connectivity index (χ2n) is 5.37. The van der Waals surface area contributed by atoms with Crippen LogP contribution >= 0.6 is 0 Å². The third-order valence-electron chi connectivity index (χ3n) is 3.66. The molecule has 0 radical (unpaired) electrons. The van der Waals surface area contributed by atoms with E-state index in [2.05, 4.69) is 36.4 Å². The predicted octanol–water partition coefficient (Wildman–Crippen LogP) is 1.51. The van der Waals surface area contributed by atoms with Crippen LogP contribution in [-0.4, -0.2) is 29.0 Å². The number of aryl methyl sites for hydroxylation is 1. The van der Waals surface area contributed by atoms with E-state index >= 15 is 0 Å². The molecule has 0 saturated carbocycles. The van der Waals surface area contributed by atoms with Crippen molar-refractivity contribution in [2.24, 2.45) is 0 Å². The summed E-state index contributed by atoms with van der Waals surface area (Å²) >= 11 is 0. The number of aromatic nitrogens is 1. The van der Waals surface area contributed by atoms with Crippen LogP contribution in [0.5, 0.6) is 0 Å². The summed E-state index contributed by atoms with van der Waals surface area (Å²) in [5, 5.41) is 6.46. The van der Waals surface area contributed by atoms with Gasteiger partial charge in [-0.05, 0) is 50.9 Å². The standard InChI is InChI=1S/C14H21N3O/c1-4-10-5-7-15-11(9-10)13(18)17-12-6-8-16-14(12,2)3/h5,7,9,12,16H,4,6,8H2,1-3H3,(H,17,18).